The van der Waals surface area contributed by atoms with Crippen molar-refractivity contribution in [3.8, 4) is 11.3 Å². The highest BCUT2D eigenvalue weighted by Gasteiger charge is 2.47. The number of aliphatic carboxylic acids is 1. The Bertz CT molecular complexity index is 1410. The maximum absolute atomic E-state index is 11.3. The summed E-state index contributed by atoms with van der Waals surface area (Å²) in [5, 5.41) is 31.7. The Kier molecular flexibility index (Phi) is 10.1. The molecule has 42 heavy (non-hydrogen) atoms. The summed E-state index contributed by atoms with van der Waals surface area (Å²) >= 11 is 19.2. The van der Waals surface area contributed by atoms with Gasteiger partial charge in [0, 0.05) is 35.0 Å². The number of carboxylic acid groups (broad SMARTS) is 1. The zero-order valence-electron chi connectivity index (χ0n) is 24.2. The predicted molar refractivity (Wildman–Crippen MR) is 166 cm³/mol. The molecule has 8 nitrogen and oxygen atoms in total. The van der Waals surface area contributed by atoms with Crippen molar-refractivity contribution in [1.29, 1.82) is 0 Å². The minimum absolute atomic E-state index is 0.0288. The third-order valence-corrected chi connectivity index (χ3v) is 8.58. The number of halogens is 3. The van der Waals surface area contributed by atoms with Crippen molar-refractivity contribution in [2.24, 2.45) is 11.0 Å². The van der Waals surface area contributed by atoms with E-state index < -0.39 is 11.6 Å². The number of hydrogen-bond donors (Lipinski definition) is 2. The first-order valence-corrected chi connectivity index (χ1v) is 15.1. The van der Waals surface area contributed by atoms with Crippen LogP contribution in [0.1, 0.15) is 70.6 Å². The lowest BCUT2D eigenvalue weighted by atomic mass is 9.66. The van der Waals surface area contributed by atoms with E-state index in [0.29, 0.717) is 57.1 Å². The number of allylic oxidation sites excluding steroid dienone is 4. The van der Waals surface area contributed by atoms with Gasteiger partial charge in [-0.05, 0) is 77.2 Å². The summed E-state index contributed by atoms with van der Waals surface area (Å²) in [7, 11) is 0. The van der Waals surface area contributed by atoms with Crippen molar-refractivity contribution in [2.45, 2.75) is 77.5 Å². The van der Waals surface area contributed by atoms with Crippen LogP contribution in [0.4, 0.5) is 0 Å². The Morgan fingerprint density at radius 1 is 1.26 bits per heavy atom. The van der Waals surface area contributed by atoms with E-state index in [1.807, 2.05) is 20.8 Å². The number of hydrazone groups is 1. The standard InChI is InChI=1S/C31H36Cl3N3O5/c1-17(2)37(35-19(4)30(38)39)20(5)22-13-31(40,14-22)23(15-32)12-9-18(3)41-16-24-28(36-42-29(24)21-10-11-21)27-25(33)7-6-8-26(27)34/h6-9,12,17,21-22,40H,5,10-11,13-16H2,1-4H3,(H,38,39)/b18-9+,23-12+,35-19+. The Balaban J connectivity index is 1.46. The van der Waals surface area contributed by atoms with Crippen molar-refractivity contribution in [3.63, 3.8) is 0 Å². The zero-order chi connectivity index (χ0) is 30.8. The highest BCUT2D eigenvalue weighted by atomic mass is 35.5. The van der Waals surface area contributed by atoms with Crippen molar-refractivity contribution < 1.29 is 24.3 Å². The molecule has 0 atom stereocenters. The average molecular weight is 637 g/mol. The lowest BCUT2D eigenvalue weighted by Crippen LogP contribution is -2.49. The van der Waals surface area contributed by atoms with E-state index in [9.17, 15) is 15.0 Å². The van der Waals surface area contributed by atoms with Gasteiger partial charge >= 0.3 is 5.97 Å². The molecule has 0 aliphatic heterocycles. The fourth-order valence-electron chi connectivity index (χ4n) is 4.98. The second-order valence-electron chi connectivity index (χ2n) is 11.2. The molecule has 0 bridgehead atoms. The molecule has 11 heteroatoms. The number of aromatic nitrogens is 1. The van der Waals surface area contributed by atoms with Crippen LogP contribution in [0.25, 0.3) is 11.3 Å². The molecule has 0 radical (unpaired) electrons. The van der Waals surface area contributed by atoms with Gasteiger partial charge < -0.3 is 19.5 Å². The molecule has 2 aromatic rings. The SMILES string of the molecule is C=C(C1CC(O)(/C(=C/C=C(\C)OCc2c(-c3c(Cl)cccc3Cl)noc2C2CC2)CCl)C1)N(/N=C(\C)C(=O)O)C(C)C. The van der Waals surface area contributed by atoms with E-state index in [2.05, 4.69) is 16.8 Å². The summed E-state index contributed by atoms with van der Waals surface area (Å²) < 4.78 is 11.8. The van der Waals surface area contributed by atoms with Gasteiger partial charge in [-0.1, -0.05) is 47.1 Å². The van der Waals surface area contributed by atoms with E-state index in [1.165, 1.54) is 6.92 Å². The van der Waals surface area contributed by atoms with Gasteiger partial charge in [0.05, 0.1) is 27.0 Å². The molecule has 2 fully saturated rings. The van der Waals surface area contributed by atoms with Gasteiger partial charge in [-0.15, -0.1) is 11.6 Å². The number of carboxylic acids is 1. The smallest absolute Gasteiger partial charge is 0.351 e. The van der Waals surface area contributed by atoms with Crippen LogP contribution in [-0.4, -0.2) is 49.6 Å². The van der Waals surface area contributed by atoms with Gasteiger partial charge in [0.25, 0.3) is 0 Å². The van der Waals surface area contributed by atoms with Crippen molar-refractivity contribution in [1.82, 2.24) is 10.2 Å². The van der Waals surface area contributed by atoms with Crippen LogP contribution in [-0.2, 0) is 16.1 Å². The molecule has 0 saturated heterocycles. The van der Waals surface area contributed by atoms with E-state index >= 15 is 0 Å². The number of alkyl halides is 1. The Morgan fingerprint density at radius 3 is 2.45 bits per heavy atom. The van der Waals surface area contributed by atoms with Crippen LogP contribution in [0.2, 0.25) is 10.0 Å². The fraction of sp³-hybridized carbons (Fsp3) is 0.452. The quantitative estimate of drug-likeness (QED) is 0.0755. The third-order valence-electron chi connectivity index (χ3n) is 7.66. The summed E-state index contributed by atoms with van der Waals surface area (Å²) in [5.41, 5.74) is 2.19. The largest absolute Gasteiger partial charge is 0.493 e. The molecule has 2 N–H and O–H groups in total. The molecule has 4 rings (SSSR count). The molecule has 2 saturated carbocycles. The molecular weight excluding hydrogens is 601 g/mol. The number of ether oxygens (including phenoxy) is 1. The summed E-state index contributed by atoms with van der Waals surface area (Å²) in [4.78, 5) is 11.3. The lowest BCUT2D eigenvalue weighted by Gasteiger charge is -2.47. The maximum Gasteiger partial charge on any atom is 0.351 e. The number of nitrogens with zero attached hydrogens (tertiary/aromatic N) is 3. The van der Waals surface area contributed by atoms with Crippen LogP contribution in [0.5, 0.6) is 0 Å². The monoisotopic (exact) mass is 635 g/mol. The first-order valence-electron chi connectivity index (χ1n) is 13.8. The number of aliphatic hydroxyl groups is 1. The van der Waals surface area contributed by atoms with E-state index in [4.69, 9.17) is 44.1 Å². The topological polar surface area (TPSA) is 108 Å². The van der Waals surface area contributed by atoms with Gasteiger partial charge in [0.2, 0.25) is 0 Å². The van der Waals surface area contributed by atoms with E-state index in [-0.39, 0.29) is 30.2 Å². The average Bonchev–Trinajstić information content (AvgIpc) is 3.68. The van der Waals surface area contributed by atoms with Crippen LogP contribution >= 0.6 is 34.8 Å². The molecular formula is C31H36Cl3N3O5. The minimum Gasteiger partial charge on any atom is -0.493 e. The molecule has 0 spiro atoms. The molecule has 0 amide bonds. The Morgan fingerprint density at radius 2 is 1.90 bits per heavy atom. The van der Waals surface area contributed by atoms with Crippen molar-refractivity contribution >= 4 is 46.5 Å². The fourth-order valence-corrected chi connectivity index (χ4v) is 5.89. The van der Waals surface area contributed by atoms with Gasteiger partial charge in [0.1, 0.15) is 23.8 Å². The molecule has 1 aromatic heterocycles. The van der Waals surface area contributed by atoms with Crippen LogP contribution in [0.3, 0.4) is 0 Å². The van der Waals surface area contributed by atoms with Crippen LogP contribution in [0.15, 0.2) is 63.6 Å². The van der Waals surface area contributed by atoms with Crippen LogP contribution < -0.4 is 0 Å². The number of benzene rings is 1. The Hall–Kier alpha value is -2.78. The lowest BCUT2D eigenvalue weighted by molar-refractivity contribution is -0.129. The van der Waals surface area contributed by atoms with Gasteiger partial charge in [-0.2, -0.15) is 5.10 Å². The van der Waals surface area contributed by atoms with Gasteiger partial charge in [0.15, 0.2) is 0 Å². The zero-order valence-corrected chi connectivity index (χ0v) is 26.4. The molecule has 1 aromatic carbocycles. The molecule has 2 aliphatic rings. The summed E-state index contributed by atoms with van der Waals surface area (Å²) in [6.07, 6.45) is 6.43. The molecule has 1 heterocycles. The van der Waals surface area contributed by atoms with Gasteiger partial charge in [-0.3, -0.25) is 5.01 Å². The second-order valence-corrected chi connectivity index (χ2v) is 12.3. The third kappa shape index (κ3) is 7.05. The maximum atomic E-state index is 11.3. The molecule has 0 unspecified atom stereocenters. The number of rotatable bonds is 13. The summed E-state index contributed by atoms with van der Waals surface area (Å²) in [6.45, 7) is 11.4. The summed E-state index contributed by atoms with van der Waals surface area (Å²) in [6, 6.07) is 5.21. The highest BCUT2D eigenvalue weighted by Crippen LogP contribution is 2.48. The van der Waals surface area contributed by atoms with Gasteiger partial charge in [-0.25, -0.2) is 4.79 Å². The predicted octanol–water partition coefficient (Wildman–Crippen LogP) is 7.94. The summed E-state index contributed by atoms with van der Waals surface area (Å²) in [5.74, 6) is 0.687. The minimum atomic E-state index is -1.11. The van der Waals surface area contributed by atoms with Crippen molar-refractivity contribution in [3.05, 3.63) is 75.3 Å². The molecule has 226 valence electrons. The van der Waals surface area contributed by atoms with Crippen molar-refractivity contribution in [2.75, 3.05) is 5.88 Å². The number of hydrogen-bond acceptors (Lipinski definition) is 7. The first kappa shape index (κ1) is 32.1. The van der Waals surface area contributed by atoms with E-state index in [0.717, 1.165) is 24.2 Å². The van der Waals surface area contributed by atoms with Crippen LogP contribution in [0, 0.1) is 5.92 Å². The molecule has 2 aliphatic carbocycles. The highest BCUT2D eigenvalue weighted by molar-refractivity contribution is 6.39. The Labute approximate surface area is 261 Å². The first-order chi connectivity index (χ1) is 19.9. The number of carbonyl (C=O) groups is 1. The van der Waals surface area contributed by atoms with E-state index in [1.54, 1.807) is 35.4 Å². The normalized spacial score (nSPS) is 21.4. The second kappa shape index (κ2) is 13.2.